The first-order valence-corrected chi connectivity index (χ1v) is 6.78. The maximum absolute atomic E-state index is 10.5. The molecule has 3 nitrogen and oxygen atoms in total. The van der Waals surface area contributed by atoms with Gasteiger partial charge in [0.05, 0.1) is 17.9 Å². The van der Waals surface area contributed by atoms with Crippen molar-refractivity contribution in [1.29, 1.82) is 5.26 Å². The summed E-state index contributed by atoms with van der Waals surface area (Å²) in [5.74, 6) is -1.17. The van der Waals surface area contributed by atoms with Gasteiger partial charge in [-0.05, 0) is 25.0 Å². The van der Waals surface area contributed by atoms with Crippen molar-refractivity contribution >= 4 is 5.97 Å². The first-order valence-electron chi connectivity index (χ1n) is 6.78. The number of carboxylic acids is 1. The van der Waals surface area contributed by atoms with Crippen LogP contribution < -0.4 is 0 Å². The van der Waals surface area contributed by atoms with Crippen LogP contribution in [0.25, 0.3) is 0 Å². The summed E-state index contributed by atoms with van der Waals surface area (Å²) in [5.41, 5.74) is 1.94. The first kappa shape index (κ1) is 16.5. The summed E-state index contributed by atoms with van der Waals surface area (Å²) in [5, 5.41) is 17.2. The minimum absolute atomic E-state index is 0.0150. The molecule has 0 saturated heterocycles. The number of hydrogen-bond donors (Lipinski definition) is 1. The van der Waals surface area contributed by atoms with Crippen molar-refractivity contribution in [3.8, 4) is 6.07 Å². The smallest absolute Gasteiger partial charge is 0.310 e. The van der Waals surface area contributed by atoms with Crippen LogP contribution in [0.1, 0.15) is 36.8 Å². The molecule has 21 heavy (non-hydrogen) atoms. The van der Waals surface area contributed by atoms with Gasteiger partial charge < -0.3 is 5.11 Å². The maximum atomic E-state index is 10.5. The Labute approximate surface area is 125 Å². The molecule has 0 bridgehead atoms. The average Bonchev–Trinajstić information content (AvgIpc) is 2.55. The summed E-state index contributed by atoms with van der Waals surface area (Å²) >= 11 is 0. The molecule has 2 unspecified atom stereocenters. The Balaban J connectivity index is 0.000000211. The van der Waals surface area contributed by atoms with E-state index in [1.54, 1.807) is 6.92 Å². The molecule has 0 amide bonds. The summed E-state index contributed by atoms with van der Waals surface area (Å²) in [6, 6.07) is 21.2. The molecule has 0 aromatic heterocycles. The van der Waals surface area contributed by atoms with Gasteiger partial charge in [0, 0.05) is 0 Å². The van der Waals surface area contributed by atoms with Crippen LogP contribution >= 0.6 is 0 Å². The van der Waals surface area contributed by atoms with Crippen molar-refractivity contribution in [2.24, 2.45) is 0 Å². The van der Waals surface area contributed by atoms with Gasteiger partial charge in [0.2, 0.25) is 0 Å². The normalized spacial score (nSPS) is 12.2. The minimum atomic E-state index is -0.781. The lowest BCUT2D eigenvalue weighted by molar-refractivity contribution is -0.138. The van der Waals surface area contributed by atoms with E-state index in [0.29, 0.717) is 0 Å². The van der Waals surface area contributed by atoms with E-state index in [0.717, 1.165) is 11.1 Å². The van der Waals surface area contributed by atoms with Crippen molar-refractivity contribution in [3.05, 3.63) is 71.8 Å². The van der Waals surface area contributed by atoms with Gasteiger partial charge in [-0.25, -0.2) is 0 Å². The highest BCUT2D eigenvalue weighted by Crippen LogP contribution is 2.13. The Morgan fingerprint density at radius 1 is 0.952 bits per heavy atom. The Bertz CT molecular complexity index is 588. The fraction of sp³-hybridized carbons (Fsp3) is 0.222. The zero-order chi connectivity index (χ0) is 15.7. The third kappa shape index (κ3) is 5.50. The zero-order valence-electron chi connectivity index (χ0n) is 12.2. The number of nitriles is 1. The standard InChI is InChI=1S/C9H9N.C9H10O2/c1-8(7-10)9-5-3-2-4-6-9;1-7(9(10)11)8-5-3-2-4-6-8/h2-6,8H,1H3;2-7H,1H3,(H,10,11). The minimum Gasteiger partial charge on any atom is -0.481 e. The molecule has 0 fully saturated rings. The summed E-state index contributed by atoms with van der Waals surface area (Å²) in [4.78, 5) is 10.5. The Morgan fingerprint density at radius 2 is 1.38 bits per heavy atom. The molecule has 2 atom stereocenters. The maximum Gasteiger partial charge on any atom is 0.310 e. The summed E-state index contributed by atoms with van der Waals surface area (Å²) in [6.07, 6.45) is 0. The molecule has 2 aromatic rings. The molecule has 0 aliphatic carbocycles. The van der Waals surface area contributed by atoms with E-state index in [2.05, 4.69) is 6.07 Å². The van der Waals surface area contributed by atoms with E-state index >= 15 is 0 Å². The second kappa shape index (κ2) is 8.55. The molecule has 0 saturated carbocycles. The summed E-state index contributed by atoms with van der Waals surface area (Å²) < 4.78 is 0. The van der Waals surface area contributed by atoms with E-state index in [-0.39, 0.29) is 5.92 Å². The highest BCUT2D eigenvalue weighted by Gasteiger charge is 2.11. The van der Waals surface area contributed by atoms with Crippen LogP contribution in [-0.2, 0) is 4.79 Å². The number of benzene rings is 2. The Morgan fingerprint density at radius 3 is 1.76 bits per heavy atom. The number of nitrogens with zero attached hydrogens (tertiary/aromatic N) is 1. The van der Waals surface area contributed by atoms with E-state index in [1.165, 1.54) is 0 Å². The lowest BCUT2D eigenvalue weighted by atomic mass is 10.0. The third-order valence-electron chi connectivity index (χ3n) is 3.16. The van der Waals surface area contributed by atoms with Crippen molar-refractivity contribution in [2.75, 3.05) is 0 Å². The molecule has 0 radical (unpaired) electrons. The van der Waals surface area contributed by atoms with E-state index in [9.17, 15) is 4.79 Å². The van der Waals surface area contributed by atoms with Crippen molar-refractivity contribution in [1.82, 2.24) is 0 Å². The molecule has 0 aliphatic rings. The largest absolute Gasteiger partial charge is 0.481 e. The monoisotopic (exact) mass is 281 g/mol. The summed E-state index contributed by atoms with van der Waals surface area (Å²) in [6.45, 7) is 3.58. The Hall–Kier alpha value is -2.60. The van der Waals surface area contributed by atoms with Crippen LogP contribution in [0.4, 0.5) is 0 Å². The van der Waals surface area contributed by atoms with Crippen molar-refractivity contribution in [2.45, 2.75) is 25.7 Å². The predicted octanol–water partition coefficient (Wildman–Crippen LogP) is 4.19. The van der Waals surface area contributed by atoms with Gasteiger partial charge in [0.15, 0.2) is 0 Å². The van der Waals surface area contributed by atoms with Crippen molar-refractivity contribution in [3.63, 3.8) is 0 Å². The molecule has 2 aromatic carbocycles. The van der Waals surface area contributed by atoms with Gasteiger partial charge in [-0.3, -0.25) is 4.79 Å². The number of rotatable bonds is 3. The first-order chi connectivity index (χ1) is 10.1. The molecule has 2 rings (SSSR count). The van der Waals surface area contributed by atoms with Crippen LogP contribution in [0, 0.1) is 11.3 Å². The topological polar surface area (TPSA) is 61.1 Å². The predicted molar refractivity (Wildman–Crippen MR) is 83.0 cm³/mol. The zero-order valence-corrected chi connectivity index (χ0v) is 12.2. The molecule has 108 valence electrons. The van der Waals surface area contributed by atoms with Crippen LogP contribution in [0.5, 0.6) is 0 Å². The molecule has 1 N–H and O–H groups in total. The van der Waals surface area contributed by atoms with E-state index in [4.69, 9.17) is 10.4 Å². The SMILES string of the molecule is CC(C#N)c1ccccc1.CC(C(=O)O)c1ccccc1. The third-order valence-corrected chi connectivity index (χ3v) is 3.16. The average molecular weight is 281 g/mol. The molecule has 0 heterocycles. The lowest BCUT2D eigenvalue weighted by Gasteiger charge is -2.04. The fourth-order valence-electron chi connectivity index (χ4n) is 1.70. The van der Waals surface area contributed by atoms with E-state index < -0.39 is 11.9 Å². The molecular weight excluding hydrogens is 262 g/mol. The molecule has 0 aliphatic heterocycles. The van der Waals surface area contributed by atoms with Gasteiger partial charge in [0.1, 0.15) is 0 Å². The second-order valence-corrected chi connectivity index (χ2v) is 4.73. The highest BCUT2D eigenvalue weighted by molar-refractivity contribution is 5.75. The molecule has 0 spiro atoms. The molecular formula is C18H19NO2. The fourth-order valence-corrected chi connectivity index (χ4v) is 1.70. The van der Waals surface area contributed by atoms with Crippen LogP contribution in [0.2, 0.25) is 0 Å². The van der Waals surface area contributed by atoms with Gasteiger partial charge >= 0.3 is 5.97 Å². The van der Waals surface area contributed by atoms with Gasteiger partial charge in [-0.15, -0.1) is 0 Å². The number of hydrogen-bond acceptors (Lipinski definition) is 2. The molecule has 3 heteroatoms. The van der Waals surface area contributed by atoms with Crippen LogP contribution in [0.15, 0.2) is 60.7 Å². The Kier molecular flexibility index (Phi) is 6.70. The second-order valence-electron chi connectivity index (χ2n) is 4.73. The van der Waals surface area contributed by atoms with E-state index in [1.807, 2.05) is 67.6 Å². The highest BCUT2D eigenvalue weighted by atomic mass is 16.4. The quantitative estimate of drug-likeness (QED) is 0.917. The van der Waals surface area contributed by atoms with Crippen molar-refractivity contribution < 1.29 is 9.90 Å². The van der Waals surface area contributed by atoms with Gasteiger partial charge in [-0.2, -0.15) is 5.26 Å². The lowest BCUT2D eigenvalue weighted by Crippen LogP contribution is -2.06. The van der Waals surface area contributed by atoms with Crippen LogP contribution in [0.3, 0.4) is 0 Å². The van der Waals surface area contributed by atoms with Gasteiger partial charge in [0.25, 0.3) is 0 Å². The summed E-state index contributed by atoms with van der Waals surface area (Å²) in [7, 11) is 0. The number of carboxylic acid groups (broad SMARTS) is 1. The number of aliphatic carboxylic acids is 1. The van der Waals surface area contributed by atoms with Gasteiger partial charge in [-0.1, -0.05) is 60.7 Å². The van der Waals surface area contributed by atoms with Crippen LogP contribution in [-0.4, -0.2) is 11.1 Å². The number of carbonyl (C=O) groups is 1.